The van der Waals surface area contributed by atoms with Crippen LogP contribution < -0.4 is 16.2 Å². The molecule has 2 aromatic heterocycles. The molecule has 0 aliphatic rings. The Morgan fingerprint density at radius 3 is 2.65 bits per heavy atom. The van der Waals surface area contributed by atoms with Crippen LogP contribution >= 0.6 is 11.3 Å². The van der Waals surface area contributed by atoms with Crippen LogP contribution in [0.25, 0.3) is 10.2 Å². The SMILES string of the molecule is CCc1cc2c(N(CC)CC(C)C)nc(NN)nc2s1. The van der Waals surface area contributed by atoms with Crippen LogP contribution in [0.15, 0.2) is 6.07 Å². The maximum absolute atomic E-state index is 5.50. The van der Waals surface area contributed by atoms with E-state index < -0.39 is 0 Å². The van der Waals surface area contributed by atoms with E-state index in [-0.39, 0.29) is 0 Å². The lowest BCUT2D eigenvalue weighted by Crippen LogP contribution is -2.28. The first-order chi connectivity index (χ1) is 9.58. The third kappa shape index (κ3) is 3.02. The number of thiophene rings is 1. The summed E-state index contributed by atoms with van der Waals surface area (Å²) in [6.07, 6.45) is 1.02. The Kier molecular flexibility index (Phi) is 4.77. The van der Waals surface area contributed by atoms with Crippen LogP contribution in [0.2, 0.25) is 0 Å². The van der Waals surface area contributed by atoms with Gasteiger partial charge in [-0.3, -0.25) is 5.43 Å². The molecule has 110 valence electrons. The predicted octanol–water partition coefficient (Wildman–Crippen LogP) is 3.02. The lowest BCUT2D eigenvalue weighted by atomic mass is 10.2. The molecule has 0 unspecified atom stereocenters. The van der Waals surface area contributed by atoms with Gasteiger partial charge in [0, 0.05) is 18.0 Å². The number of fused-ring (bicyclic) bond motifs is 1. The Morgan fingerprint density at radius 2 is 2.10 bits per heavy atom. The smallest absolute Gasteiger partial charge is 0.240 e. The minimum absolute atomic E-state index is 0.485. The second-order valence-electron chi connectivity index (χ2n) is 5.23. The van der Waals surface area contributed by atoms with Crippen LogP contribution in [-0.4, -0.2) is 23.1 Å². The summed E-state index contributed by atoms with van der Waals surface area (Å²) in [5.41, 5.74) is 2.58. The van der Waals surface area contributed by atoms with Crippen molar-refractivity contribution in [2.24, 2.45) is 11.8 Å². The molecule has 5 nitrogen and oxygen atoms in total. The minimum atomic E-state index is 0.485. The number of hydrazine groups is 1. The fraction of sp³-hybridized carbons (Fsp3) is 0.571. The van der Waals surface area contributed by atoms with Gasteiger partial charge >= 0.3 is 0 Å². The lowest BCUT2D eigenvalue weighted by Gasteiger charge is -2.24. The largest absolute Gasteiger partial charge is 0.356 e. The van der Waals surface area contributed by atoms with E-state index in [0.29, 0.717) is 11.9 Å². The molecule has 0 amide bonds. The Hall–Kier alpha value is -1.40. The number of rotatable bonds is 6. The zero-order chi connectivity index (χ0) is 14.7. The maximum atomic E-state index is 5.50. The Labute approximate surface area is 124 Å². The molecular weight excluding hydrogens is 270 g/mol. The number of aryl methyl sites for hydroxylation is 1. The van der Waals surface area contributed by atoms with E-state index >= 15 is 0 Å². The lowest BCUT2D eigenvalue weighted by molar-refractivity contribution is 0.616. The molecule has 2 aromatic rings. The standard InChI is InChI=1S/C14H23N5S/c1-5-10-7-11-12(19(6-2)8-9(3)4)16-14(18-15)17-13(11)20-10/h7,9H,5-6,8,15H2,1-4H3,(H,16,17,18). The van der Waals surface area contributed by atoms with Crippen molar-refractivity contribution < 1.29 is 0 Å². The van der Waals surface area contributed by atoms with Crippen molar-refractivity contribution in [3.8, 4) is 0 Å². The van der Waals surface area contributed by atoms with Crippen LogP contribution in [0.5, 0.6) is 0 Å². The molecule has 0 radical (unpaired) electrons. The summed E-state index contributed by atoms with van der Waals surface area (Å²) in [5, 5.41) is 1.13. The van der Waals surface area contributed by atoms with Crippen molar-refractivity contribution >= 4 is 33.3 Å². The zero-order valence-corrected chi connectivity index (χ0v) is 13.4. The quantitative estimate of drug-likeness (QED) is 0.633. The molecule has 0 aliphatic carbocycles. The maximum Gasteiger partial charge on any atom is 0.240 e. The van der Waals surface area contributed by atoms with Gasteiger partial charge in [0.1, 0.15) is 10.6 Å². The van der Waals surface area contributed by atoms with E-state index in [1.54, 1.807) is 11.3 Å². The topological polar surface area (TPSA) is 67.1 Å². The molecular formula is C14H23N5S. The molecule has 6 heteroatoms. The number of nitrogens with one attached hydrogen (secondary N) is 1. The third-order valence-corrected chi connectivity index (χ3v) is 4.34. The average molecular weight is 293 g/mol. The number of aromatic nitrogens is 2. The van der Waals surface area contributed by atoms with E-state index in [2.05, 4.69) is 54.1 Å². The second-order valence-corrected chi connectivity index (χ2v) is 6.35. The van der Waals surface area contributed by atoms with Crippen LogP contribution in [0.3, 0.4) is 0 Å². The molecule has 3 N–H and O–H groups in total. The van der Waals surface area contributed by atoms with Crippen LogP contribution in [0.1, 0.15) is 32.6 Å². The molecule has 0 saturated carbocycles. The molecule has 0 bridgehead atoms. The Morgan fingerprint density at radius 1 is 1.35 bits per heavy atom. The van der Waals surface area contributed by atoms with Gasteiger partial charge in [-0.25, -0.2) is 10.8 Å². The van der Waals surface area contributed by atoms with Gasteiger partial charge < -0.3 is 4.90 Å². The monoisotopic (exact) mass is 293 g/mol. The summed E-state index contributed by atoms with van der Waals surface area (Å²) < 4.78 is 0. The summed E-state index contributed by atoms with van der Waals surface area (Å²) in [6.45, 7) is 10.6. The molecule has 2 rings (SSSR count). The van der Waals surface area contributed by atoms with Crippen molar-refractivity contribution in [3.63, 3.8) is 0 Å². The highest BCUT2D eigenvalue weighted by Crippen LogP contribution is 2.32. The highest BCUT2D eigenvalue weighted by molar-refractivity contribution is 7.18. The van der Waals surface area contributed by atoms with Gasteiger partial charge in [-0.2, -0.15) is 4.98 Å². The van der Waals surface area contributed by atoms with Gasteiger partial charge in [0.25, 0.3) is 0 Å². The third-order valence-electron chi connectivity index (χ3n) is 3.17. The van der Waals surface area contributed by atoms with E-state index in [0.717, 1.165) is 35.5 Å². The Bertz CT molecular complexity index is 578. The molecule has 2 heterocycles. The zero-order valence-electron chi connectivity index (χ0n) is 12.6. The van der Waals surface area contributed by atoms with Gasteiger partial charge in [-0.05, 0) is 25.3 Å². The summed E-state index contributed by atoms with van der Waals surface area (Å²) in [4.78, 5) is 13.7. The molecule has 0 aliphatic heterocycles. The Balaban J connectivity index is 2.55. The van der Waals surface area contributed by atoms with Crippen LogP contribution in [-0.2, 0) is 6.42 Å². The summed E-state index contributed by atoms with van der Waals surface area (Å²) in [6, 6.07) is 2.21. The number of nitrogens with two attached hydrogens (primary N) is 1. The van der Waals surface area contributed by atoms with Crippen molar-refractivity contribution in [1.82, 2.24) is 9.97 Å². The summed E-state index contributed by atoms with van der Waals surface area (Å²) >= 11 is 1.71. The summed E-state index contributed by atoms with van der Waals surface area (Å²) in [7, 11) is 0. The van der Waals surface area contributed by atoms with E-state index in [1.807, 2.05) is 0 Å². The van der Waals surface area contributed by atoms with Crippen molar-refractivity contribution in [2.75, 3.05) is 23.4 Å². The number of hydrogen-bond acceptors (Lipinski definition) is 6. The first-order valence-corrected chi connectivity index (χ1v) is 7.92. The normalized spacial score (nSPS) is 11.3. The number of nitrogens with zero attached hydrogens (tertiary/aromatic N) is 3. The van der Waals surface area contributed by atoms with Gasteiger partial charge in [-0.1, -0.05) is 20.8 Å². The second kappa shape index (κ2) is 6.37. The van der Waals surface area contributed by atoms with E-state index in [1.165, 1.54) is 4.88 Å². The first kappa shape index (κ1) is 15.0. The fourth-order valence-corrected chi connectivity index (χ4v) is 3.20. The average Bonchev–Trinajstić information content (AvgIpc) is 2.86. The number of anilines is 2. The van der Waals surface area contributed by atoms with Gasteiger partial charge in [-0.15, -0.1) is 11.3 Å². The molecule has 0 atom stereocenters. The first-order valence-electron chi connectivity index (χ1n) is 7.11. The van der Waals surface area contributed by atoms with Gasteiger partial charge in [0.15, 0.2) is 0 Å². The molecule has 0 saturated heterocycles. The molecule has 0 fully saturated rings. The summed E-state index contributed by atoms with van der Waals surface area (Å²) in [5.74, 6) is 7.55. The molecule has 0 spiro atoms. The number of nitrogen functional groups attached to an aromatic ring is 1. The highest BCUT2D eigenvalue weighted by atomic mass is 32.1. The van der Waals surface area contributed by atoms with E-state index in [4.69, 9.17) is 5.84 Å². The van der Waals surface area contributed by atoms with Crippen molar-refractivity contribution in [1.29, 1.82) is 0 Å². The van der Waals surface area contributed by atoms with E-state index in [9.17, 15) is 0 Å². The fourth-order valence-electron chi connectivity index (χ4n) is 2.24. The van der Waals surface area contributed by atoms with Crippen LogP contribution in [0, 0.1) is 5.92 Å². The molecule has 20 heavy (non-hydrogen) atoms. The van der Waals surface area contributed by atoms with Gasteiger partial charge in [0.05, 0.1) is 5.39 Å². The van der Waals surface area contributed by atoms with Crippen LogP contribution in [0.4, 0.5) is 11.8 Å². The predicted molar refractivity (Wildman–Crippen MR) is 87.3 cm³/mol. The molecule has 0 aromatic carbocycles. The minimum Gasteiger partial charge on any atom is -0.356 e. The van der Waals surface area contributed by atoms with Gasteiger partial charge in [0.2, 0.25) is 5.95 Å². The van der Waals surface area contributed by atoms with Crippen molar-refractivity contribution in [2.45, 2.75) is 34.1 Å². The number of hydrogen-bond donors (Lipinski definition) is 2. The highest BCUT2D eigenvalue weighted by Gasteiger charge is 2.16. The van der Waals surface area contributed by atoms with Crippen molar-refractivity contribution in [3.05, 3.63) is 10.9 Å².